The fourth-order valence-electron chi connectivity index (χ4n) is 4.36. The van der Waals surface area contributed by atoms with Crippen LogP contribution in [0.2, 0.25) is 0 Å². The molecule has 0 amide bonds. The van der Waals surface area contributed by atoms with Crippen molar-refractivity contribution in [1.82, 2.24) is 0 Å². The van der Waals surface area contributed by atoms with Gasteiger partial charge in [-0.05, 0) is 36.3 Å². The molecule has 3 rings (SSSR count). The van der Waals surface area contributed by atoms with Crippen LogP contribution < -0.4 is 10.5 Å². The van der Waals surface area contributed by atoms with Gasteiger partial charge in [0.05, 0.1) is 23.4 Å². The fourth-order valence-corrected chi connectivity index (χ4v) is 4.36. The zero-order chi connectivity index (χ0) is 20.5. The van der Waals surface area contributed by atoms with Crippen molar-refractivity contribution in [2.75, 3.05) is 0 Å². The molecular weight excluding hydrogens is 362 g/mol. The molecule has 0 saturated heterocycles. The number of rotatable bonds is 3. The minimum atomic E-state index is -3.05. The first-order valence-corrected chi connectivity index (χ1v) is 8.86. The van der Waals surface area contributed by atoms with Gasteiger partial charge in [0, 0.05) is 11.5 Å². The van der Waals surface area contributed by atoms with E-state index in [0.29, 0.717) is 17.6 Å². The number of fused-ring (bicyclic) bond motifs is 1. The summed E-state index contributed by atoms with van der Waals surface area (Å²) in [5, 5.41) is 29.6. The number of hydrogen-bond donors (Lipinski definition) is 1. The maximum Gasteiger partial charge on any atom is 0.387 e. The van der Waals surface area contributed by atoms with E-state index in [4.69, 9.17) is 5.73 Å². The number of nitriles is 3. The Hall–Kier alpha value is -3.37. The average Bonchev–Trinajstić information content (AvgIpc) is 2.68. The predicted octanol–water partition coefficient (Wildman–Crippen LogP) is 4.13. The molecule has 142 valence electrons. The molecule has 1 aromatic rings. The van der Waals surface area contributed by atoms with E-state index in [9.17, 15) is 24.6 Å². The third-order valence-corrected chi connectivity index (χ3v) is 5.58. The molecule has 0 aliphatic heterocycles. The van der Waals surface area contributed by atoms with Crippen LogP contribution >= 0.6 is 0 Å². The Bertz CT molecular complexity index is 963. The summed E-state index contributed by atoms with van der Waals surface area (Å²) in [6.45, 7) is -1.02. The lowest BCUT2D eigenvalue weighted by Gasteiger charge is -2.44. The third-order valence-electron chi connectivity index (χ3n) is 5.58. The van der Waals surface area contributed by atoms with E-state index < -0.39 is 17.9 Å². The Balaban J connectivity index is 2.33. The predicted molar refractivity (Wildman–Crippen MR) is 96.3 cm³/mol. The number of para-hydroxylation sites is 1. The van der Waals surface area contributed by atoms with Gasteiger partial charge in [0.15, 0.2) is 5.41 Å². The molecule has 0 radical (unpaired) electrons. The zero-order valence-electron chi connectivity index (χ0n) is 15.2. The highest BCUT2D eigenvalue weighted by Gasteiger charge is 2.55. The minimum absolute atomic E-state index is 0.0943. The second-order valence-electron chi connectivity index (χ2n) is 7.17. The lowest BCUT2D eigenvalue weighted by molar-refractivity contribution is -0.0509. The molecule has 0 bridgehead atoms. The Morgan fingerprint density at radius 1 is 1.21 bits per heavy atom. The van der Waals surface area contributed by atoms with Crippen LogP contribution in [0.15, 0.2) is 47.2 Å². The molecule has 2 aliphatic rings. The average molecular weight is 380 g/mol. The highest BCUT2D eigenvalue weighted by molar-refractivity contribution is 5.60. The van der Waals surface area contributed by atoms with Crippen LogP contribution in [0.3, 0.4) is 0 Å². The van der Waals surface area contributed by atoms with Crippen LogP contribution in [0.4, 0.5) is 8.78 Å². The largest absolute Gasteiger partial charge is 0.435 e. The van der Waals surface area contributed by atoms with E-state index in [1.807, 2.05) is 31.2 Å². The topological polar surface area (TPSA) is 107 Å². The summed E-state index contributed by atoms with van der Waals surface area (Å²) in [6.07, 6.45) is 3.24. The van der Waals surface area contributed by atoms with Crippen molar-refractivity contribution >= 4 is 0 Å². The van der Waals surface area contributed by atoms with Crippen molar-refractivity contribution in [2.24, 2.45) is 23.0 Å². The summed E-state index contributed by atoms with van der Waals surface area (Å²) in [5.41, 5.74) is 5.34. The Morgan fingerprint density at radius 3 is 2.50 bits per heavy atom. The number of alkyl halides is 2. The first kappa shape index (κ1) is 19.4. The molecule has 2 N–H and O–H groups in total. The maximum absolute atomic E-state index is 13.0. The van der Waals surface area contributed by atoms with Crippen molar-refractivity contribution in [3.8, 4) is 24.0 Å². The second-order valence-corrected chi connectivity index (χ2v) is 7.17. The molecule has 0 saturated carbocycles. The molecule has 0 fully saturated rings. The van der Waals surface area contributed by atoms with E-state index in [1.165, 1.54) is 6.07 Å². The molecule has 0 aromatic heterocycles. The van der Waals surface area contributed by atoms with Crippen LogP contribution in [0.1, 0.15) is 31.2 Å². The number of hydrogen-bond acceptors (Lipinski definition) is 5. The quantitative estimate of drug-likeness (QED) is 0.848. The van der Waals surface area contributed by atoms with Gasteiger partial charge in [-0.2, -0.15) is 24.6 Å². The molecule has 0 spiro atoms. The van der Waals surface area contributed by atoms with Gasteiger partial charge in [0.25, 0.3) is 0 Å². The molecule has 2 aliphatic carbocycles. The van der Waals surface area contributed by atoms with Gasteiger partial charge in [-0.3, -0.25) is 0 Å². The summed E-state index contributed by atoms with van der Waals surface area (Å²) in [6, 6.07) is 12.2. The number of nitrogens with zero attached hydrogens (tertiary/aromatic N) is 3. The van der Waals surface area contributed by atoms with Crippen molar-refractivity contribution in [3.05, 3.63) is 52.7 Å². The van der Waals surface area contributed by atoms with E-state index in [1.54, 1.807) is 18.2 Å². The fraction of sp³-hybridized carbons (Fsp3) is 0.381. The molecular formula is C21H18F2N4O. The standard InChI is InChI=1S/C21H18F2N4O/c1-12-6-7-13-15(8-12)18(14-4-2-3-5-17(14)28-20(22)23)21(10-25,11-26)19(27)16(13)9-24/h2-5,7,12,15,18,20H,6,8,27H2,1H3/t12-,15+,18+/m1/s1. The van der Waals surface area contributed by atoms with Gasteiger partial charge in [0.1, 0.15) is 11.8 Å². The normalized spacial score (nSPS) is 25.8. The molecule has 1 aromatic carbocycles. The van der Waals surface area contributed by atoms with Crippen LogP contribution in [-0.2, 0) is 0 Å². The van der Waals surface area contributed by atoms with Crippen LogP contribution in [0, 0.1) is 51.2 Å². The van der Waals surface area contributed by atoms with E-state index >= 15 is 0 Å². The van der Waals surface area contributed by atoms with E-state index in [2.05, 4.69) is 4.74 Å². The summed E-state index contributed by atoms with van der Waals surface area (Å²) in [5.74, 6) is -1.06. The lowest BCUT2D eigenvalue weighted by Crippen LogP contribution is -2.43. The van der Waals surface area contributed by atoms with Crippen LogP contribution in [0.5, 0.6) is 5.75 Å². The molecule has 28 heavy (non-hydrogen) atoms. The van der Waals surface area contributed by atoms with Crippen LogP contribution in [-0.4, -0.2) is 6.61 Å². The van der Waals surface area contributed by atoms with E-state index in [0.717, 1.165) is 6.42 Å². The SMILES string of the molecule is C[C@@H]1CC=C2C(C#N)=C(N)C(C#N)(C#N)[C@@H](c3ccccc3OC(F)F)[C@H]2C1. The number of nitrogens with two attached hydrogens (primary N) is 1. The third kappa shape index (κ3) is 2.88. The Kier molecular flexibility index (Phi) is 5.08. The summed E-state index contributed by atoms with van der Waals surface area (Å²) < 4.78 is 30.6. The number of ether oxygens (including phenoxy) is 1. The summed E-state index contributed by atoms with van der Waals surface area (Å²) in [7, 11) is 0. The van der Waals surface area contributed by atoms with E-state index in [-0.39, 0.29) is 28.9 Å². The first-order chi connectivity index (χ1) is 13.4. The molecule has 5 nitrogen and oxygen atoms in total. The van der Waals surface area contributed by atoms with Crippen molar-refractivity contribution < 1.29 is 13.5 Å². The van der Waals surface area contributed by atoms with Crippen LogP contribution in [0.25, 0.3) is 0 Å². The van der Waals surface area contributed by atoms with Crippen molar-refractivity contribution in [3.63, 3.8) is 0 Å². The summed E-state index contributed by atoms with van der Waals surface area (Å²) in [4.78, 5) is 0. The second kappa shape index (κ2) is 7.33. The lowest BCUT2D eigenvalue weighted by atomic mass is 9.56. The minimum Gasteiger partial charge on any atom is -0.435 e. The van der Waals surface area contributed by atoms with Crippen molar-refractivity contribution in [2.45, 2.75) is 32.3 Å². The Morgan fingerprint density at radius 2 is 1.89 bits per heavy atom. The molecule has 3 atom stereocenters. The highest BCUT2D eigenvalue weighted by Crippen LogP contribution is 2.57. The maximum atomic E-state index is 13.0. The molecule has 0 heterocycles. The highest BCUT2D eigenvalue weighted by atomic mass is 19.3. The Labute approximate surface area is 161 Å². The number of benzene rings is 1. The zero-order valence-corrected chi connectivity index (χ0v) is 15.2. The van der Waals surface area contributed by atoms with Gasteiger partial charge < -0.3 is 10.5 Å². The first-order valence-electron chi connectivity index (χ1n) is 8.86. The molecule has 0 unspecified atom stereocenters. The van der Waals surface area contributed by atoms with Gasteiger partial charge in [0.2, 0.25) is 0 Å². The van der Waals surface area contributed by atoms with Gasteiger partial charge in [-0.15, -0.1) is 0 Å². The monoisotopic (exact) mass is 380 g/mol. The molecule has 7 heteroatoms. The van der Waals surface area contributed by atoms with Gasteiger partial charge >= 0.3 is 6.61 Å². The van der Waals surface area contributed by atoms with Crippen molar-refractivity contribution in [1.29, 1.82) is 15.8 Å². The smallest absolute Gasteiger partial charge is 0.387 e. The summed E-state index contributed by atoms with van der Waals surface area (Å²) >= 11 is 0. The number of halogens is 2. The van der Waals surface area contributed by atoms with Gasteiger partial charge in [-0.1, -0.05) is 31.2 Å². The number of allylic oxidation sites excluding steroid dienone is 4. The van der Waals surface area contributed by atoms with Gasteiger partial charge in [-0.25, -0.2) is 0 Å².